The van der Waals surface area contributed by atoms with Gasteiger partial charge in [-0.1, -0.05) is 13.8 Å². The van der Waals surface area contributed by atoms with Gasteiger partial charge in [-0.15, -0.1) is 0 Å². The van der Waals surface area contributed by atoms with Gasteiger partial charge in [0.15, 0.2) is 11.6 Å². The van der Waals surface area contributed by atoms with Gasteiger partial charge in [0.1, 0.15) is 0 Å². The van der Waals surface area contributed by atoms with E-state index < -0.39 is 5.97 Å². The molecule has 0 heterocycles. The summed E-state index contributed by atoms with van der Waals surface area (Å²) in [6, 6.07) is 0. The number of carboxylic acids is 1. The zero-order valence-corrected chi connectivity index (χ0v) is 9.40. The first-order valence-electron chi connectivity index (χ1n) is 4.73. The van der Waals surface area contributed by atoms with Crippen LogP contribution in [0.5, 0.6) is 0 Å². The maximum absolute atomic E-state index is 11.3. The molecule has 1 N–H and O–H groups in total. The van der Waals surface area contributed by atoms with E-state index in [2.05, 4.69) is 0 Å². The zero-order chi connectivity index (χ0) is 12.2. The monoisotopic (exact) mass is 212 g/mol. The van der Waals surface area contributed by atoms with Crippen LogP contribution in [-0.4, -0.2) is 22.6 Å². The molecule has 0 radical (unpaired) electrons. The number of rotatable bonds is 0. The number of carboxylic acid groups (broad SMARTS) is 1. The van der Waals surface area contributed by atoms with Crippen LogP contribution in [0.25, 0.3) is 0 Å². The van der Waals surface area contributed by atoms with E-state index in [1.165, 1.54) is 6.08 Å². The van der Waals surface area contributed by atoms with E-state index in [0.717, 1.165) is 6.92 Å². The predicted molar refractivity (Wildman–Crippen MR) is 55.4 cm³/mol. The highest BCUT2D eigenvalue weighted by Gasteiger charge is 2.30. The average Bonchev–Trinajstić information content (AvgIpc) is 2.11. The lowest BCUT2D eigenvalue weighted by molar-refractivity contribution is -0.134. The maximum Gasteiger partial charge on any atom is 0.300 e. The van der Waals surface area contributed by atoms with Gasteiger partial charge in [0.2, 0.25) is 0 Å². The summed E-state index contributed by atoms with van der Waals surface area (Å²) >= 11 is 0. The Kier molecular flexibility index (Phi) is 4.91. The molecule has 1 aliphatic rings. The van der Waals surface area contributed by atoms with E-state index in [4.69, 9.17) is 9.90 Å². The van der Waals surface area contributed by atoms with Gasteiger partial charge >= 0.3 is 0 Å². The number of hydrogen-bond acceptors (Lipinski definition) is 3. The molecule has 0 aliphatic heterocycles. The Labute approximate surface area is 89.0 Å². The molecule has 0 fully saturated rings. The van der Waals surface area contributed by atoms with Crippen molar-refractivity contribution in [3.05, 3.63) is 11.6 Å². The quantitative estimate of drug-likeness (QED) is 0.659. The SMILES string of the molecule is CC(=O)O.CC1=CC(=O)C(C)C(C)C1=O. The summed E-state index contributed by atoms with van der Waals surface area (Å²) in [7, 11) is 0. The fourth-order valence-electron chi connectivity index (χ4n) is 1.25. The van der Waals surface area contributed by atoms with Crippen molar-refractivity contribution < 1.29 is 19.5 Å². The first kappa shape index (κ1) is 13.5. The van der Waals surface area contributed by atoms with Crippen molar-refractivity contribution in [1.82, 2.24) is 0 Å². The van der Waals surface area contributed by atoms with E-state index in [1.54, 1.807) is 20.8 Å². The van der Waals surface area contributed by atoms with Crippen LogP contribution in [0, 0.1) is 11.8 Å². The van der Waals surface area contributed by atoms with Crippen LogP contribution in [-0.2, 0) is 14.4 Å². The normalized spacial score (nSPS) is 25.2. The van der Waals surface area contributed by atoms with Crippen molar-refractivity contribution in [3.8, 4) is 0 Å². The molecule has 4 nitrogen and oxygen atoms in total. The summed E-state index contributed by atoms with van der Waals surface area (Å²) < 4.78 is 0. The molecule has 15 heavy (non-hydrogen) atoms. The number of hydrogen-bond donors (Lipinski definition) is 1. The van der Waals surface area contributed by atoms with Gasteiger partial charge in [-0.05, 0) is 18.6 Å². The largest absolute Gasteiger partial charge is 0.481 e. The molecule has 1 rings (SSSR count). The number of aliphatic carboxylic acids is 1. The number of Topliss-reactive ketones (excluding diaryl/α,β-unsaturated/α-hetero) is 1. The zero-order valence-electron chi connectivity index (χ0n) is 9.40. The average molecular weight is 212 g/mol. The molecule has 0 aromatic heterocycles. The fraction of sp³-hybridized carbons (Fsp3) is 0.545. The molecule has 0 aromatic carbocycles. The molecule has 0 saturated heterocycles. The van der Waals surface area contributed by atoms with E-state index >= 15 is 0 Å². The third-order valence-electron chi connectivity index (χ3n) is 2.36. The summed E-state index contributed by atoms with van der Waals surface area (Å²) in [5, 5.41) is 7.42. The highest BCUT2D eigenvalue weighted by molar-refractivity contribution is 6.09. The minimum atomic E-state index is -0.833. The van der Waals surface area contributed by atoms with Gasteiger partial charge in [0.05, 0.1) is 0 Å². The molecule has 1 aliphatic carbocycles. The summed E-state index contributed by atoms with van der Waals surface area (Å²) in [4.78, 5) is 31.4. The van der Waals surface area contributed by atoms with Crippen molar-refractivity contribution in [2.24, 2.45) is 11.8 Å². The summed E-state index contributed by atoms with van der Waals surface area (Å²) in [6.07, 6.45) is 1.45. The molecule has 84 valence electrons. The second-order valence-corrected chi connectivity index (χ2v) is 3.69. The van der Waals surface area contributed by atoms with Gasteiger partial charge in [0.25, 0.3) is 5.97 Å². The van der Waals surface area contributed by atoms with Crippen LogP contribution in [0.15, 0.2) is 11.6 Å². The highest BCUT2D eigenvalue weighted by Crippen LogP contribution is 2.22. The Hall–Kier alpha value is -1.45. The van der Waals surface area contributed by atoms with Gasteiger partial charge in [-0.3, -0.25) is 14.4 Å². The summed E-state index contributed by atoms with van der Waals surface area (Å²) in [5.74, 6) is -0.912. The van der Waals surface area contributed by atoms with Crippen LogP contribution in [0.4, 0.5) is 0 Å². The minimum Gasteiger partial charge on any atom is -0.481 e. The molecule has 2 atom stereocenters. The number of ketones is 2. The molecule has 0 amide bonds. The lowest BCUT2D eigenvalue weighted by Gasteiger charge is -2.21. The Morgan fingerprint density at radius 2 is 1.67 bits per heavy atom. The molecular weight excluding hydrogens is 196 g/mol. The Morgan fingerprint density at radius 3 is 2.07 bits per heavy atom. The lowest BCUT2D eigenvalue weighted by atomic mass is 9.81. The van der Waals surface area contributed by atoms with E-state index in [9.17, 15) is 9.59 Å². The third-order valence-corrected chi connectivity index (χ3v) is 2.36. The molecule has 2 unspecified atom stereocenters. The minimum absolute atomic E-state index is 0.0783. The molecule has 0 bridgehead atoms. The second-order valence-electron chi connectivity index (χ2n) is 3.69. The number of carbonyl (C=O) groups is 3. The van der Waals surface area contributed by atoms with Gasteiger partial charge in [-0.2, -0.15) is 0 Å². The van der Waals surface area contributed by atoms with Crippen molar-refractivity contribution in [2.45, 2.75) is 27.7 Å². The smallest absolute Gasteiger partial charge is 0.300 e. The van der Waals surface area contributed by atoms with E-state index in [-0.39, 0.29) is 23.4 Å². The van der Waals surface area contributed by atoms with Crippen molar-refractivity contribution >= 4 is 17.5 Å². The van der Waals surface area contributed by atoms with Crippen LogP contribution < -0.4 is 0 Å². The molecular formula is C11H16O4. The van der Waals surface area contributed by atoms with Crippen LogP contribution in [0.2, 0.25) is 0 Å². The Morgan fingerprint density at radius 1 is 1.27 bits per heavy atom. The van der Waals surface area contributed by atoms with Crippen LogP contribution in [0.1, 0.15) is 27.7 Å². The highest BCUT2D eigenvalue weighted by atomic mass is 16.4. The Bertz CT molecular complexity index is 311. The predicted octanol–water partition coefficient (Wildman–Crippen LogP) is 1.45. The van der Waals surface area contributed by atoms with E-state index in [0.29, 0.717) is 5.57 Å². The van der Waals surface area contributed by atoms with Crippen molar-refractivity contribution in [3.63, 3.8) is 0 Å². The van der Waals surface area contributed by atoms with Crippen LogP contribution >= 0.6 is 0 Å². The van der Waals surface area contributed by atoms with E-state index in [1.807, 2.05) is 0 Å². The topological polar surface area (TPSA) is 71.4 Å². The van der Waals surface area contributed by atoms with Crippen LogP contribution in [0.3, 0.4) is 0 Å². The number of allylic oxidation sites excluding steroid dienone is 2. The van der Waals surface area contributed by atoms with Gasteiger partial charge < -0.3 is 5.11 Å². The van der Waals surface area contributed by atoms with Gasteiger partial charge in [-0.25, -0.2) is 0 Å². The third kappa shape index (κ3) is 4.06. The van der Waals surface area contributed by atoms with Crippen molar-refractivity contribution in [1.29, 1.82) is 0 Å². The molecule has 0 spiro atoms. The fourth-order valence-corrected chi connectivity index (χ4v) is 1.25. The Balaban J connectivity index is 0.000000423. The summed E-state index contributed by atoms with van der Waals surface area (Å²) in [6.45, 7) is 6.39. The first-order chi connectivity index (χ1) is 6.77. The standard InChI is InChI=1S/C9H12O2.C2H4O2/c1-5-4-8(10)6(2)7(3)9(5)11;1-2(3)4/h4,6-7H,1-3H3;1H3,(H,3,4). The molecule has 4 heteroatoms. The molecule has 0 aromatic rings. The lowest BCUT2D eigenvalue weighted by Crippen LogP contribution is -2.30. The van der Waals surface area contributed by atoms with Crippen molar-refractivity contribution in [2.75, 3.05) is 0 Å². The molecule has 0 saturated carbocycles. The first-order valence-corrected chi connectivity index (χ1v) is 4.73. The second kappa shape index (κ2) is 5.44. The summed E-state index contributed by atoms with van der Waals surface area (Å²) in [5.41, 5.74) is 0.598. The number of carbonyl (C=O) groups excluding carboxylic acids is 2. The maximum atomic E-state index is 11.3. The van der Waals surface area contributed by atoms with Gasteiger partial charge in [0, 0.05) is 18.8 Å².